The second-order valence-electron chi connectivity index (χ2n) is 3.81. The maximum atomic E-state index is 12.9. The summed E-state index contributed by atoms with van der Waals surface area (Å²) >= 11 is 0. The van der Waals surface area contributed by atoms with Crippen LogP contribution < -0.4 is 0 Å². The van der Waals surface area contributed by atoms with Crippen molar-refractivity contribution in [3.63, 3.8) is 0 Å². The van der Waals surface area contributed by atoms with Crippen molar-refractivity contribution in [2.75, 3.05) is 6.61 Å². The Morgan fingerprint density at radius 3 is 2.27 bits per heavy atom. The molecule has 0 aliphatic carbocycles. The molecule has 1 aromatic rings. The van der Waals surface area contributed by atoms with Gasteiger partial charge in [-0.1, -0.05) is 27.7 Å². The van der Waals surface area contributed by atoms with Gasteiger partial charge in [-0.15, -0.1) is 0 Å². The van der Waals surface area contributed by atoms with Crippen LogP contribution in [-0.4, -0.2) is 16.7 Å². The van der Waals surface area contributed by atoms with E-state index in [1.807, 2.05) is 27.7 Å². The Morgan fingerprint density at radius 1 is 1.33 bits per heavy atom. The standard InChI is InChI=1S/C10H14FNO.C2H6/c1-7-8(11)4-5-9(12-7)10(2,3)6-13;1-2/h4-5,13H,6H2,1-3H3;1-2H3. The Balaban J connectivity index is 0.000000921. The summed E-state index contributed by atoms with van der Waals surface area (Å²) in [4.78, 5) is 4.08. The number of pyridine rings is 1. The Hall–Kier alpha value is -0.960. The van der Waals surface area contributed by atoms with Gasteiger partial charge in [-0.3, -0.25) is 4.98 Å². The highest BCUT2D eigenvalue weighted by molar-refractivity contribution is 5.19. The molecule has 0 atom stereocenters. The molecule has 1 rings (SSSR count). The van der Waals surface area contributed by atoms with E-state index in [1.54, 1.807) is 13.0 Å². The quantitative estimate of drug-likeness (QED) is 0.819. The molecule has 1 N–H and O–H groups in total. The highest BCUT2D eigenvalue weighted by Gasteiger charge is 2.21. The number of aromatic nitrogens is 1. The molecule has 0 bridgehead atoms. The van der Waals surface area contributed by atoms with E-state index in [2.05, 4.69) is 4.98 Å². The summed E-state index contributed by atoms with van der Waals surface area (Å²) in [6.07, 6.45) is 0. The number of rotatable bonds is 2. The molecule has 15 heavy (non-hydrogen) atoms. The minimum Gasteiger partial charge on any atom is -0.395 e. The van der Waals surface area contributed by atoms with Crippen LogP contribution in [0.2, 0.25) is 0 Å². The molecule has 0 fully saturated rings. The van der Waals surface area contributed by atoms with Crippen LogP contribution in [0.4, 0.5) is 4.39 Å². The summed E-state index contributed by atoms with van der Waals surface area (Å²) in [5.41, 5.74) is 0.686. The molecule has 0 aliphatic heterocycles. The zero-order chi connectivity index (χ0) is 12.1. The second kappa shape index (κ2) is 5.81. The second-order valence-corrected chi connectivity index (χ2v) is 3.81. The first-order valence-corrected chi connectivity index (χ1v) is 5.22. The van der Waals surface area contributed by atoms with Crippen molar-refractivity contribution < 1.29 is 9.50 Å². The lowest BCUT2D eigenvalue weighted by molar-refractivity contribution is 0.215. The summed E-state index contributed by atoms with van der Waals surface area (Å²) in [6.45, 7) is 9.36. The molecule has 0 aromatic carbocycles. The largest absolute Gasteiger partial charge is 0.395 e. The van der Waals surface area contributed by atoms with E-state index in [-0.39, 0.29) is 12.4 Å². The molecule has 0 saturated carbocycles. The summed E-state index contributed by atoms with van der Waals surface area (Å²) in [7, 11) is 0. The monoisotopic (exact) mass is 213 g/mol. The van der Waals surface area contributed by atoms with Gasteiger partial charge in [0.1, 0.15) is 5.82 Å². The van der Waals surface area contributed by atoms with Crippen LogP contribution in [-0.2, 0) is 5.41 Å². The van der Waals surface area contributed by atoms with E-state index < -0.39 is 5.41 Å². The van der Waals surface area contributed by atoms with Gasteiger partial charge in [0.05, 0.1) is 12.3 Å². The summed E-state index contributed by atoms with van der Waals surface area (Å²) in [5, 5.41) is 9.07. The normalized spacial score (nSPS) is 10.6. The first kappa shape index (κ1) is 14.0. The van der Waals surface area contributed by atoms with Crippen LogP contribution in [0.25, 0.3) is 0 Å². The number of hydrogen-bond donors (Lipinski definition) is 1. The minimum absolute atomic E-state index is 0.00503. The lowest BCUT2D eigenvalue weighted by Gasteiger charge is -2.21. The van der Waals surface area contributed by atoms with Gasteiger partial charge in [0.15, 0.2) is 0 Å². The van der Waals surface area contributed by atoms with Gasteiger partial charge in [-0.05, 0) is 19.1 Å². The van der Waals surface area contributed by atoms with Crippen molar-refractivity contribution in [3.05, 3.63) is 29.3 Å². The topological polar surface area (TPSA) is 33.1 Å². The molecule has 2 nitrogen and oxygen atoms in total. The molecule has 1 aromatic heterocycles. The first-order chi connectivity index (χ1) is 6.97. The Morgan fingerprint density at radius 2 is 1.87 bits per heavy atom. The fourth-order valence-electron chi connectivity index (χ4n) is 1.00. The molecule has 0 amide bonds. The van der Waals surface area contributed by atoms with E-state index in [0.717, 1.165) is 0 Å². The van der Waals surface area contributed by atoms with Gasteiger partial charge < -0.3 is 5.11 Å². The molecule has 0 aliphatic rings. The van der Waals surface area contributed by atoms with Gasteiger partial charge >= 0.3 is 0 Å². The highest BCUT2D eigenvalue weighted by atomic mass is 19.1. The molecule has 3 heteroatoms. The van der Waals surface area contributed by atoms with Crippen LogP contribution in [0.5, 0.6) is 0 Å². The third-order valence-electron chi connectivity index (χ3n) is 2.11. The average molecular weight is 213 g/mol. The van der Waals surface area contributed by atoms with Gasteiger partial charge in [-0.2, -0.15) is 0 Å². The summed E-state index contributed by atoms with van der Waals surface area (Å²) in [5.74, 6) is -0.308. The molecule has 1 heterocycles. The summed E-state index contributed by atoms with van der Waals surface area (Å²) < 4.78 is 12.9. The molecule has 0 saturated heterocycles. The van der Waals surface area contributed by atoms with E-state index >= 15 is 0 Å². The van der Waals surface area contributed by atoms with Crippen LogP contribution in [0, 0.1) is 12.7 Å². The van der Waals surface area contributed by atoms with E-state index in [9.17, 15) is 4.39 Å². The van der Waals surface area contributed by atoms with Crippen LogP contribution in [0.3, 0.4) is 0 Å². The molecule has 0 radical (unpaired) electrons. The van der Waals surface area contributed by atoms with E-state index in [1.165, 1.54) is 6.07 Å². The Kier molecular flexibility index (Phi) is 5.44. The highest BCUT2D eigenvalue weighted by Crippen LogP contribution is 2.20. The third kappa shape index (κ3) is 3.59. The lowest BCUT2D eigenvalue weighted by Crippen LogP contribution is -2.23. The van der Waals surface area contributed by atoms with Crippen LogP contribution in [0.1, 0.15) is 39.1 Å². The maximum absolute atomic E-state index is 12.9. The Bertz CT molecular complexity index is 310. The number of hydrogen-bond acceptors (Lipinski definition) is 2. The van der Waals surface area contributed by atoms with Crippen LogP contribution in [0.15, 0.2) is 12.1 Å². The number of aliphatic hydroxyl groups excluding tert-OH is 1. The minimum atomic E-state index is -0.404. The smallest absolute Gasteiger partial charge is 0.144 e. The fourth-order valence-corrected chi connectivity index (χ4v) is 1.00. The fraction of sp³-hybridized carbons (Fsp3) is 0.583. The van der Waals surface area contributed by atoms with E-state index in [4.69, 9.17) is 5.11 Å². The first-order valence-electron chi connectivity index (χ1n) is 5.22. The van der Waals surface area contributed by atoms with Gasteiger partial charge in [0, 0.05) is 11.1 Å². The predicted octanol–water partition coefficient (Wildman–Crippen LogP) is 2.83. The van der Waals surface area contributed by atoms with Crippen molar-refractivity contribution in [1.29, 1.82) is 0 Å². The van der Waals surface area contributed by atoms with E-state index in [0.29, 0.717) is 11.4 Å². The van der Waals surface area contributed by atoms with Gasteiger partial charge in [0.25, 0.3) is 0 Å². The molecular formula is C12H20FNO. The van der Waals surface area contributed by atoms with Crippen molar-refractivity contribution in [1.82, 2.24) is 4.98 Å². The van der Waals surface area contributed by atoms with Crippen molar-refractivity contribution >= 4 is 0 Å². The number of aliphatic hydroxyl groups is 1. The zero-order valence-corrected chi connectivity index (χ0v) is 10.1. The SMILES string of the molecule is CC.Cc1nc(C(C)(C)CO)ccc1F. The number of halogens is 1. The molecule has 0 spiro atoms. The van der Waals surface area contributed by atoms with Gasteiger partial charge in [-0.25, -0.2) is 4.39 Å². The molecule has 0 unspecified atom stereocenters. The third-order valence-corrected chi connectivity index (χ3v) is 2.11. The average Bonchev–Trinajstić information content (AvgIpc) is 2.25. The lowest BCUT2D eigenvalue weighted by atomic mass is 9.90. The van der Waals surface area contributed by atoms with Crippen molar-refractivity contribution in [2.45, 2.75) is 40.0 Å². The summed E-state index contributed by atoms with van der Waals surface area (Å²) in [6, 6.07) is 2.99. The Labute approximate surface area is 91.2 Å². The van der Waals surface area contributed by atoms with Gasteiger partial charge in [0.2, 0.25) is 0 Å². The van der Waals surface area contributed by atoms with Crippen LogP contribution >= 0.6 is 0 Å². The molecule has 86 valence electrons. The molecular weight excluding hydrogens is 193 g/mol. The number of nitrogens with zero attached hydrogens (tertiary/aromatic N) is 1. The van der Waals surface area contributed by atoms with Crippen molar-refractivity contribution in [2.24, 2.45) is 0 Å². The zero-order valence-electron chi connectivity index (χ0n) is 10.1. The number of aryl methyl sites for hydroxylation is 1. The predicted molar refractivity (Wildman–Crippen MR) is 60.4 cm³/mol. The maximum Gasteiger partial charge on any atom is 0.144 e. The van der Waals surface area contributed by atoms with Crippen molar-refractivity contribution in [3.8, 4) is 0 Å².